The first-order valence-electron chi connectivity index (χ1n) is 6.75. The molecule has 0 bridgehead atoms. The van der Waals surface area contributed by atoms with E-state index in [2.05, 4.69) is 11.8 Å². The van der Waals surface area contributed by atoms with Crippen molar-refractivity contribution in [2.75, 3.05) is 26.7 Å². The van der Waals surface area contributed by atoms with E-state index in [1.54, 1.807) is 11.3 Å². The molecule has 1 atom stereocenters. The van der Waals surface area contributed by atoms with Crippen molar-refractivity contribution in [3.05, 3.63) is 21.3 Å². The average Bonchev–Trinajstić information content (AvgIpc) is 2.74. The molecule has 5 heteroatoms. The van der Waals surface area contributed by atoms with Crippen molar-refractivity contribution < 1.29 is 4.79 Å². The summed E-state index contributed by atoms with van der Waals surface area (Å²) in [5.74, 6) is 0.885. The number of halogens is 1. The summed E-state index contributed by atoms with van der Waals surface area (Å²) >= 11 is 7.49. The van der Waals surface area contributed by atoms with Crippen LogP contribution in [0.5, 0.6) is 0 Å². The fourth-order valence-corrected chi connectivity index (χ4v) is 3.67. The molecule has 1 aromatic rings. The van der Waals surface area contributed by atoms with Gasteiger partial charge in [-0.3, -0.25) is 9.69 Å². The summed E-state index contributed by atoms with van der Waals surface area (Å²) in [6.45, 7) is 5.32. The third kappa shape index (κ3) is 4.48. The Labute approximate surface area is 124 Å². The van der Waals surface area contributed by atoms with Crippen LogP contribution in [-0.4, -0.2) is 42.4 Å². The van der Waals surface area contributed by atoms with Gasteiger partial charge in [-0.05, 0) is 37.9 Å². The highest BCUT2D eigenvalue weighted by atomic mass is 35.5. The number of rotatable bonds is 4. The number of carbonyl (C=O) groups excluding carboxylic acids is 1. The average molecular weight is 301 g/mol. The fraction of sp³-hybridized carbons (Fsp3) is 0.643. The summed E-state index contributed by atoms with van der Waals surface area (Å²) in [7, 11) is 1.99. The van der Waals surface area contributed by atoms with E-state index >= 15 is 0 Å². The van der Waals surface area contributed by atoms with Crippen molar-refractivity contribution in [3.8, 4) is 0 Å². The van der Waals surface area contributed by atoms with Gasteiger partial charge in [-0.2, -0.15) is 0 Å². The fourth-order valence-electron chi connectivity index (χ4n) is 2.51. The Kier molecular flexibility index (Phi) is 5.25. The lowest BCUT2D eigenvalue weighted by molar-refractivity contribution is -0.133. The first kappa shape index (κ1) is 14.8. The number of nitrogens with zero attached hydrogens (tertiary/aromatic N) is 2. The quantitative estimate of drug-likeness (QED) is 0.853. The van der Waals surface area contributed by atoms with Crippen molar-refractivity contribution >= 4 is 28.8 Å². The van der Waals surface area contributed by atoms with Gasteiger partial charge >= 0.3 is 0 Å². The Hall–Kier alpha value is -0.580. The normalized spacial score (nSPS) is 20.0. The molecule has 3 nitrogen and oxygen atoms in total. The molecular weight excluding hydrogens is 280 g/mol. The minimum absolute atomic E-state index is 0.247. The molecule has 106 valence electrons. The number of hydrogen-bond acceptors (Lipinski definition) is 3. The second kappa shape index (κ2) is 6.73. The predicted molar refractivity (Wildman–Crippen MR) is 80.6 cm³/mol. The molecule has 1 fully saturated rings. The zero-order valence-electron chi connectivity index (χ0n) is 11.6. The third-order valence-electron chi connectivity index (χ3n) is 3.47. The Morgan fingerprint density at radius 3 is 3.00 bits per heavy atom. The van der Waals surface area contributed by atoms with Crippen LogP contribution in [0.2, 0.25) is 4.34 Å². The van der Waals surface area contributed by atoms with Crippen LogP contribution in [0.3, 0.4) is 0 Å². The molecule has 0 saturated carbocycles. The summed E-state index contributed by atoms with van der Waals surface area (Å²) in [5, 5.41) is 0. The molecule has 1 aromatic heterocycles. The van der Waals surface area contributed by atoms with E-state index in [0.29, 0.717) is 12.5 Å². The topological polar surface area (TPSA) is 23.6 Å². The van der Waals surface area contributed by atoms with Crippen molar-refractivity contribution in [2.45, 2.75) is 26.3 Å². The summed E-state index contributed by atoms with van der Waals surface area (Å²) in [6, 6.07) is 3.93. The standard InChI is InChI=1S/C14H21ClN2OS/c1-11-4-3-7-17(8-11)14(18)10-16(2)9-12-5-6-13(15)19-12/h5-6,11H,3-4,7-10H2,1-2H3. The molecule has 1 amide bonds. The van der Waals surface area contributed by atoms with Crippen molar-refractivity contribution in [2.24, 2.45) is 5.92 Å². The Morgan fingerprint density at radius 2 is 2.37 bits per heavy atom. The minimum Gasteiger partial charge on any atom is -0.341 e. The van der Waals surface area contributed by atoms with Crippen LogP contribution in [0, 0.1) is 5.92 Å². The second-order valence-electron chi connectivity index (χ2n) is 5.47. The van der Waals surface area contributed by atoms with Crippen molar-refractivity contribution in [1.82, 2.24) is 9.80 Å². The largest absolute Gasteiger partial charge is 0.341 e. The second-order valence-corrected chi connectivity index (χ2v) is 7.26. The van der Waals surface area contributed by atoms with Crippen molar-refractivity contribution in [1.29, 1.82) is 0 Å². The summed E-state index contributed by atoms with van der Waals surface area (Å²) in [4.78, 5) is 17.5. The minimum atomic E-state index is 0.247. The number of likely N-dealkylation sites (N-methyl/N-ethyl adjacent to an activating group) is 1. The van der Waals surface area contributed by atoms with Gasteiger partial charge in [0.05, 0.1) is 10.9 Å². The van der Waals surface area contributed by atoms with E-state index in [1.165, 1.54) is 11.3 Å². The number of amides is 1. The summed E-state index contributed by atoms with van der Waals surface area (Å²) < 4.78 is 0.805. The van der Waals surface area contributed by atoms with E-state index < -0.39 is 0 Å². The van der Waals surface area contributed by atoms with Crippen LogP contribution >= 0.6 is 22.9 Å². The molecule has 1 aliphatic rings. The highest BCUT2D eigenvalue weighted by Crippen LogP contribution is 2.22. The first-order valence-corrected chi connectivity index (χ1v) is 7.94. The molecular formula is C14H21ClN2OS. The first-order chi connectivity index (χ1) is 9.04. The Balaban J connectivity index is 1.81. The zero-order chi connectivity index (χ0) is 13.8. The third-order valence-corrected chi connectivity index (χ3v) is 4.69. The van der Waals surface area contributed by atoms with Crippen LogP contribution in [0.1, 0.15) is 24.6 Å². The monoisotopic (exact) mass is 300 g/mol. The maximum atomic E-state index is 12.2. The molecule has 0 N–H and O–H groups in total. The molecule has 0 radical (unpaired) electrons. The van der Waals surface area contributed by atoms with Gasteiger partial charge in [-0.1, -0.05) is 18.5 Å². The number of likely N-dealkylation sites (tertiary alicyclic amines) is 1. The molecule has 1 unspecified atom stereocenters. The summed E-state index contributed by atoms with van der Waals surface area (Å²) in [5.41, 5.74) is 0. The van der Waals surface area contributed by atoms with Gasteiger partial charge in [0.1, 0.15) is 0 Å². The molecule has 0 aliphatic carbocycles. The highest BCUT2D eigenvalue weighted by Gasteiger charge is 2.21. The lowest BCUT2D eigenvalue weighted by Gasteiger charge is -2.32. The van der Waals surface area contributed by atoms with Gasteiger partial charge in [0, 0.05) is 24.5 Å². The molecule has 2 rings (SSSR count). The molecule has 2 heterocycles. The van der Waals surface area contributed by atoms with E-state index in [0.717, 1.165) is 30.4 Å². The van der Waals surface area contributed by atoms with E-state index in [-0.39, 0.29) is 5.91 Å². The van der Waals surface area contributed by atoms with Crippen LogP contribution in [0.4, 0.5) is 0 Å². The van der Waals surface area contributed by atoms with Crippen LogP contribution in [0.15, 0.2) is 12.1 Å². The van der Waals surface area contributed by atoms with Gasteiger partial charge in [-0.15, -0.1) is 11.3 Å². The molecule has 0 aromatic carbocycles. The zero-order valence-corrected chi connectivity index (χ0v) is 13.1. The maximum Gasteiger partial charge on any atom is 0.236 e. The van der Waals surface area contributed by atoms with Crippen LogP contribution in [-0.2, 0) is 11.3 Å². The molecule has 0 spiro atoms. The van der Waals surface area contributed by atoms with Gasteiger partial charge in [0.15, 0.2) is 0 Å². The van der Waals surface area contributed by atoms with Gasteiger partial charge in [-0.25, -0.2) is 0 Å². The smallest absolute Gasteiger partial charge is 0.236 e. The lowest BCUT2D eigenvalue weighted by atomic mass is 10.0. The number of thiophene rings is 1. The SMILES string of the molecule is CC1CCCN(C(=O)CN(C)Cc2ccc(Cl)s2)C1. The van der Waals surface area contributed by atoms with Crippen LogP contribution in [0.25, 0.3) is 0 Å². The number of piperidine rings is 1. The lowest BCUT2D eigenvalue weighted by Crippen LogP contribution is -2.43. The Bertz CT molecular complexity index is 435. The van der Waals surface area contributed by atoms with Gasteiger partial charge in [0.25, 0.3) is 0 Å². The van der Waals surface area contributed by atoms with E-state index in [4.69, 9.17) is 11.6 Å². The predicted octanol–water partition coefficient (Wildman–Crippen LogP) is 3.09. The molecule has 1 aliphatic heterocycles. The highest BCUT2D eigenvalue weighted by molar-refractivity contribution is 7.16. The Morgan fingerprint density at radius 1 is 1.58 bits per heavy atom. The number of carbonyl (C=O) groups is 1. The molecule has 1 saturated heterocycles. The van der Waals surface area contributed by atoms with Gasteiger partial charge < -0.3 is 4.90 Å². The number of hydrogen-bond donors (Lipinski definition) is 0. The summed E-state index contributed by atoms with van der Waals surface area (Å²) in [6.07, 6.45) is 2.38. The molecule has 19 heavy (non-hydrogen) atoms. The van der Waals surface area contributed by atoms with E-state index in [1.807, 2.05) is 24.1 Å². The maximum absolute atomic E-state index is 12.2. The van der Waals surface area contributed by atoms with Crippen LogP contribution < -0.4 is 0 Å². The van der Waals surface area contributed by atoms with Gasteiger partial charge in [0.2, 0.25) is 5.91 Å². The van der Waals surface area contributed by atoms with Crippen molar-refractivity contribution in [3.63, 3.8) is 0 Å². The van der Waals surface area contributed by atoms with E-state index in [9.17, 15) is 4.79 Å².